The highest BCUT2D eigenvalue weighted by atomic mass is 16.3. The van der Waals surface area contributed by atoms with E-state index in [0.29, 0.717) is 6.04 Å². The highest BCUT2D eigenvalue weighted by Crippen LogP contribution is 2.29. The van der Waals surface area contributed by atoms with Crippen LogP contribution in [0.1, 0.15) is 71.1 Å². The number of hydrogen-bond donors (Lipinski definition) is 2. The fourth-order valence-electron chi connectivity index (χ4n) is 3.54. The molecule has 0 heterocycles. The van der Waals surface area contributed by atoms with Crippen molar-refractivity contribution in [1.82, 2.24) is 5.32 Å². The van der Waals surface area contributed by atoms with Crippen LogP contribution in [0.5, 0.6) is 0 Å². The summed E-state index contributed by atoms with van der Waals surface area (Å²) in [7, 11) is 0. The van der Waals surface area contributed by atoms with Gasteiger partial charge in [0.15, 0.2) is 0 Å². The summed E-state index contributed by atoms with van der Waals surface area (Å²) in [5, 5.41) is 14.1. The van der Waals surface area contributed by atoms with E-state index in [1.165, 1.54) is 51.4 Å². The second-order valence-corrected chi connectivity index (χ2v) is 6.35. The Hall–Kier alpha value is -0.0800. The molecule has 0 unspecified atom stereocenters. The van der Waals surface area contributed by atoms with E-state index in [1.807, 2.05) is 0 Å². The molecular formula is C15H29NO. The third kappa shape index (κ3) is 3.96. The summed E-state index contributed by atoms with van der Waals surface area (Å²) in [5.41, 5.74) is -0.402. The number of hydrogen-bond acceptors (Lipinski definition) is 2. The third-order valence-electron chi connectivity index (χ3n) is 4.89. The quantitative estimate of drug-likeness (QED) is 0.789. The number of nitrogens with one attached hydrogen (secondary N) is 1. The van der Waals surface area contributed by atoms with Crippen molar-refractivity contribution in [3.63, 3.8) is 0 Å². The maximum atomic E-state index is 10.5. The molecule has 2 N–H and O–H groups in total. The van der Waals surface area contributed by atoms with Gasteiger partial charge in [0.2, 0.25) is 0 Å². The monoisotopic (exact) mass is 239 g/mol. The molecule has 2 heteroatoms. The maximum Gasteiger partial charge on any atom is 0.0771 e. The molecule has 0 aliphatic heterocycles. The van der Waals surface area contributed by atoms with Crippen molar-refractivity contribution in [3.05, 3.63) is 0 Å². The largest absolute Gasteiger partial charge is 0.389 e. The standard InChI is InChI=1S/C15H29NO/c1-13(14-8-4-2-5-9-14)16-12-15(17)10-6-3-7-11-15/h13-14,16-17H,2-12H2,1H3/t13-/m0/s1. The molecule has 2 rings (SSSR count). The lowest BCUT2D eigenvalue weighted by atomic mass is 9.82. The van der Waals surface area contributed by atoms with Gasteiger partial charge in [0, 0.05) is 12.6 Å². The van der Waals surface area contributed by atoms with Crippen molar-refractivity contribution in [1.29, 1.82) is 0 Å². The fourth-order valence-corrected chi connectivity index (χ4v) is 3.54. The number of aliphatic hydroxyl groups is 1. The average Bonchev–Trinajstić information content (AvgIpc) is 2.38. The van der Waals surface area contributed by atoms with Crippen molar-refractivity contribution >= 4 is 0 Å². The van der Waals surface area contributed by atoms with E-state index in [2.05, 4.69) is 12.2 Å². The van der Waals surface area contributed by atoms with Gasteiger partial charge >= 0.3 is 0 Å². The lowest BCUT2D eigenvalue weighted by Crippen LogP contribution is -2.47. The molecule has 0 spiro atoms. The van der Waals surface area contributed by atoms with E-state index in [4.69, 9.17) is 0 Å². The van der Waals surface area contributed by atoms with Gasteiger partial charge in [-0.1, -0.05) is 38.5 Å². The zero-order valence-electron chi connectivity index (χ0n) is 11.4. The first kappa shape index (κ1) is 13.4. The van der Waals surface area contributed by atoms with Crippen LogP contribution in [-0.2, 0) is 0 Å². The molecule has 0 amide bonds. The predicted octanol–water partition coefficient (Wildman–Crippen LogP) is 3.24. The molecular weight excluding hydrogens is 210 g/mol. The number of rotatable bonds is 4. The molecule has 2 saturated carbocycles. The van der Waals surface area contributed by atoms with Gasteiger partial charge in [-0.3, -0.25) is 0 Å². The highest BCUT2D eigenvalue weighted by Gasteiger charge is 2.30. The normalized spacial score (nSPS) is 27.9. The first-order valence-electron chi connectivity index (χ1n) is 7.65. The minimum absolute atomic E-state index is 0.402. The molecule has 17 heavy (non-hydrogen) atoms. The molecule has 0 aromatic rings. The maximum absolute atomic E-state index is 10.5. The molecule has 0 aromatic heterocycles. The van der Waals surface area contributed by atoms with E-state index in [-0.39, 0.29) is 0 Å². The minimum Gasteiger partial charge on any atom is -0.389 e. The zero-order chi connectivity index (χ0) is 12.1. The summed E-state index contributed by atoms with van der Waals surface area (Å²) < 4.78 is 0. The van der Waals surface area contributed by atoms with Crippen LogP contribution in [-0.4, -0.2) is 23.3 Å². The molecule has 2 aliphatic carbocycles. The molecule has 0 radical (unpaired) electrons. The Morgan fingerprint density at radius 2 is 1.65 bits per heavy atom. The summed E-state index contributed by atoms with van der Waals surface area (Å²) in [5.74, 6) is 0.843. The van der Waals surface area contributed by atoms with Gasteiger partial charge in [0.1, 0.15) is 0 Å². The van der Waals surface area contributed by atoms with Crippen LogP contribution in [0.4, 0.5) is 0 Å². The third-order valence-corrected chi connectivity index (χ3v) is 4.89. The minimum atomic E-state index is -0.402. The van der Waals surface area contributed by atoms with E-state index < -0.39 is 5.60 Å². The summed E-state index contributed by atoms with van der Waals surface area (Å²) in [6.07, 6.45) is 12.7. The molecule has 2 fully saturated rings. The average molecular weight is 239 g/mol. The smallest absolute Gasteiger partial charge is 0.0771 e. The highest BCUT2D eigenvalue weighted by molar-refractivity contribution is 4.86. The van der Waals surface area contributed by atoms with Gasteiger partial charge in [0.25, 0.3) is 0 Å². The van der Waals surface area contributed by atoms with E-state index >= 15 is 0 Å². The topological polar surface area (TPSA) is 32.3 Å². The van der Waals surface area contributed by atoms with Crippen molar-refractivity contribution < 1.29 is 5.11 Å². The second-order valence-electron chi connectivity index (χ2n) is 6.35. The van der Waals surface area contributed by atoms with Gasteiger partial charge in [0.05, 0.1) is 5.60 Å². The summed E-state index contributed by atoms with van der Waals surface area (Å²) in [6, 6.07) is 0.584. The molecule has 100 valence electrons. The van der Waals surface area contributed by atoms with Crippen molar-refractivity contribution in [2.75, 3.05) is 6.54 Å². The van der Waals surface area contributed by atoms with Gasteiger partial charge in [-0.25, -0.2) is 0 Å². The van der Waals surface area contributed by atoms with Gasteiger partial charge < -0.3 is 10.4 Å². The van der Waals surface area contributed by atoms with Crippen LogP contribution in [0.25, 0.3) is 0 Å². The SMILES string of the molecule is C[C@H](NCC1(O)CCCCC1)C1CCCCC1. The Balaban J connectivity index is 1.72. The van der Waals surface area contributed by atoms with Crippen LogP contribution in [0.2, 0.25) is 0 Å². The van der Waals surface area contributed by atoms with E-state index in [9.17, 15) is 5.11 Å². The molecule has 2 aliphatic rings. The van der Waals surface area contributed by atoms with Crippen LogP contribution in [0.3, 0.4) is 0 Å². The Bertz CT molecular complexity index is 217. The van der Waals surface area contributed by atoms with Crippen LogP contribution in [0.15, 0.2) is 0 Å². The van der Waals surface area contributed by atoms with Gasteiger partial charge in [-0.2, -0.15) is 0 Å². The lowest BCUT2D eigenvalue weighted by molar-refractivity contribution is 0.00101. The first-order valence-corrected chi connectivity index (χ1v) is 7.65. The summed E-state index contributed by atoms with van der Waals surface area (Å²) >= 11 is 0. The van der Waals surface area contributed by atoms with E-state index in [0.717, 1.165) is 25.3 Å². The van der Waals surface area contributed by atoms with Crippen molar-refractivity contribution in [3.8, 4) is 0 Å². The molecule has 1 atom stereocenters. The summed E-state index contributed by atoms with van der Waals surface area (Å²) in [4.78, 5) is 0. The van der Waals surface area contributed by atoms with Crippen LogP contribution < -0.4 is 5.32 Å². The fraction of sp³-hybridized carbons (Fsp3) is 1.00. The summed E-state index contributed by atoms with van der Waals surface area (Å²) in [6.45, 7) is 3.12. The lowest BCUT2D eigenvalue weighted by Gasteiger charge is -2.35. The zero-order valence-corrected chi connectivity index (χ0v) is 11.4. The molecule has 0 bridgehead atoms. The van der Waals surface area contributed by atoms with Crippen LogP contribution >= 0.6 is 0 Å². The Kier molecular flexibility index (Phi) is 4.87. The predicted molar refractivity (Wildman–Crippen MR) is 72.1 cm³/mol. The molecule has 2 nitrogen and oxygen atoms in total. The second kappa shape index (κ2) is 6.19. The molecule has 0 saturated heterocycles. The molecule has 0 aromatic carbocycles. The Morgan fingerprint density at radius 1 is 1.06 bits per heavy atom. The van der Waals surface area contributed by atoms with Crippen molar-refractivity contribution in [2.45, 2.75) is 82.8 Å². The Labute approximate surface area is 106 Å². The Morgan fingerprint density at radius 3 is 2.29 bits per heavy atom. The van der Waals surface area contributed by atoms with Gasteiger partial charge in [-0.15, -0.1) is 0 Å². The van der Waals surface area contributed by atoms with Gasteiger partial charge in [-0.05, 0) is 38.5 Å². The first-order chi connectivity index (χ1) is 8.20. The van der Waals surface area contributed by atoms with Crippen molar-refractivity contribution in [2.24, 2.45) is 5.92 Å². The van der Waals surface area contributed by atoms with Crippen LogP contribution in [0, 0.1) is 5.92 Å². The van der Waals surface area contributed by atoms with E-state index in [1.54, 1.807) is 0 Å².